The van der Waals surface area contributed by atoms with Crippen LogP contribution in [0.4, 0.5) is 0 Å². The fourth-order valence-corrected chi connectivity index (χ4v) is 3.18. The summed E-state index contributed by atoms with van der Waals surface area (Å²) in [6, 6.07) is 3.60. The summed E-state index contributed by atoms with van der Waals surface area (Å²) in [5, 5.41) is 0.0909. The van der Waals surface area contributed by atoms with Crippen LogP contribution in [0.3, 0.4) is 0 Å². The number of aromatic nitrogens is 1. The van der Waals surface area contributed by atoms with Gasteiger partial charge >= 0.3 is 5.97 Å². The van der Waals surface area contributed by atoms with E-state index in [1.54, 1.807) is 19.9 Å². The molecule has 0 spiro atoms. The van der Waals surface area contributed by atoms with E-state index in [2.05, 4.69) is 4.98 Å². The normalized spacial score (nSPS) is 10.7. The summed E-state index contributed by atoms with van der Waals surface area (Å²) in [6.45, 7) is 11.1. The number of ether oxygens (including phenoxy) is 1. The smallest absolute Gasteiger partial charge is 0.342 e. The number of hydrogen-bond donors (Lipinski definition) is 0. The largest absolute Gasteiger partial charge is 0.454 e. The molecule has 0 radical (unpaired) electrons. The lowest BCUT2D eigenvalue weighted by atomic mass is 9.93. The SMILES string of the molecule is Cc1cc(C)c(C(=O)OCC(=O)c2cc(C)c(C)c(C)c2C)c(Cl)n1. The number of hydrogen-bond acceptors (Lipinski definition) is 4. The van der Waals surface area contributed by atoms with Crippen LogP contribution >= 0.6 is 11.6 Å². The van der Waals surface area contributed by atoms with Gasteiger partial charge in [0.1, 0.15) is 5.15 Å². The second-order valence-corrected chi connectivity index (χ2v) is 6.72. The highest BCUT2D eigenvalue weighted by atomic mass is 35.5. The van der Waals surface area contributed by atoms with E-state index >= 15 is 0 Å². The molecule has 25 heavy (non-hydrogen) atoms. The molecule has 2 rings (SSSR count). The molecule has 0 amide bonds. The summed E-state index contributed by atoms with van der Waals surface area (Å²) in [7, 11) is 0. The second kappa shape index (κ2) is 7.36. The zero-order chi connectivity index (χ0) is 18.9. The fraction of sp³-hybridized carbons (Fsp3) is 0.350. The minimum absolute atomic E-state index is 0.0909. The molecule has 1 heterocycles. The lowest BCUT2D eigenvalue weighted by molar-refractivity contribution is 0.0473. The van der Waals surface area contributed by atoms with Crippen LogP contribution < -0.4 is 0 Å². The molecule has 0 aliphatic rings. The molecule has 0 unspecified atom stereocenters. The van der Waals surface area contributed by atoms with Gasteiger partial charge in [0, 0.05) is 11.3 Å². The summed E-state index contributed by atoms with van der Waals surface area (Å²) in [6.07, 6.45) is 0. The molecule has 0 N–H and O–H groups in total. The number of esters is 1. The zero-order valence-corrected chi connectivity index (χ0v) is 16.2. The minimum Gasteiger partial charge on any atom is -0.454 e. The number of carbonyl (C=O) groups is 2. The molecule has 4 nitrogen and oxygen atoms in total. The molecular formula is C20H22ClNO3. The van der Waals surface area contributed by atoms with Gasteiger partial charge in [-0.3, -0.25) is 4.79 Å². The predicted molar refractivity (Wildman–Crippen MR) is 98.7 cm³/mol. The summed E-state index contributed by atoms with van der Waals surface area (Å²) < 4.78 is 5.20. The molecule has 0 saturated heterocycles. The summed E-state index contributed by atoms with van der Waals surface area (Å²) in [5.74, 6) is -0.868. The second-order valence-electron chi connectivity index (χ2n) is 6.36. The van der Waals surface area contributed by atoms with Gasteiger partial charge in [0.2, 0.25) is 5.78 Å². The molecule has 0 bridgehead atoms. The Morgan fingerprint density at radius 1 is 0.960 bits per heavy atom. The molecule has 132 valence electrons. The third-order valence-electron chi connectivity index (χ3n) is 4.62. The summed E-state index contributed by atoms with van der Waals surface area (Å²) in [4.78, 5) is 28.9. The third-order valence-corrected chi connectivity index (χ3v) is 4.89. The van der Waals surface area contributed by atoms with E-state index in [0.717, 1.165) is 22.4 Å². The number of halogens is 1. The van der Waals surface area contributed by atoms with E-state index in [4.69, 9.17) is 16.3 Å². The first-order valence-corrected chi connectivity index (χ1v) is 8.42. The first kappa shape index (κ1) is 19.1. The van der Waals surface area contributed by atoms with Gasteiger partial charge in [-0.05, 0) is 81.5 Å². The van der Waals surface area contributed by atoms with Crippen molar-refractivity contribution in [1.29, 1.82) is 0 Å². The first-order chi connectivity index (χ1) is 11.6. The van der Waals surface area contributed by atoms with Crippen molar-refractivity contribution in [2.45, 2.75) is 41.5 Å². The molecule has 0 aliphatic carbocycles. The molecule has 1 aromatic carbocycles. The van der Waals surface area contributed by atoms with Crippen LogP contribution in [0.1, 0.15) is 54.2 Å². The Morgan fingerprint density at radius 3 is 2.20 bits per heavy atom. The van der Waals surface area contributed by atoms with E-state index < -0.39 is 5.97 Å². The molecular weight excluding hydrogens is 338 g/mol. The number of aryl methyl sites for hydroxylation is 3. The van der Waals surface area contributed by atoms with Gasteiger partial charge < -0.3 is 4.74 Å². The van der Waals surface area contributed by atoms with Crippen LogP contribution in [0.25, 0.3) is 0 Å². The van der Waals surface area contributed by atoms with Crippen molar-refractivity contribution in [3.8, 4) is 0 Å². The third kappa shape index (κ3) is 3.90. The Labute approximate surface area is 153 Å². The number of benzene rings is 1. The summed E-state index contributed by atoms with van der Waals surface area (Å²) in [5.41, 5.74) is 6.38. The molecule has 0 fully saturated rings. The van der Waals surface area contributed by atoms with Crippen LogP contribution in [-0.2, 0) is 4.74 Å². The summed E-state index contributed by atoms with van der Waals surface area (Å²) >= 11 is 6.05. The average Bonchev–Trinajstić information content (AvgIpc) is 2.53. The number of Topliss-reactive ketones (excluding diaryl/α,β-unsaturated/α-hetero) is 1. The number of pyridine rings is 1. The Kier molecular flexibility index (Phi) is 5.63. The Balaban J connectivity index is 2.20. The topological polar surface area (TPSA) is 56.3 Å². The standard InChI is InChI=1S/C20H22ClNO3/c1-10-8-16(15(6)14(5)13(10)4)17(23)9-25-20(24)18-11(2)7-12(3)22-19(18)21/h7-8H,9H2,1-6H3. The highest BCUT2D eigenvalue weighted by Gasteiger charge is 2.20. The van der Waals surface area contributed by atoms with E-state index in [1.807, 2.05) is 33.8 Å². The van der Waals surface area contributed by atoms with Gasteiger partial charge in [0.05, 0.1) is 5.56 Å². The van der Waals surface area contributed by atoms with Crippen molar-refractivity contribution >= 4 is 23.4 Å². The molecule has 2 aromatic rings. The number of rotatable bonds is 4. The van der Waals surface area contributed by atoms with Crippen molar-refractivity contribution in [3.63, 3.8) is 0 Å². The molecule has 5 heteroatoms. The van der Waals surface area contributed by atoms with Gasteiger partial charge in [0.15, 0.2) is 6.61 Å². The van der Waals surface area contributed by atoms with Crippen LogP contribution in [0.15, 0.2) is 12.1 Å². The first-order valence-electron chi connectivity index (χ1n) is 8.05. The minimum atomic E-state index is -0.637. The maximum atomic E-state index is 12.5. The van der Waals surface area contributed by atoms with Crippen molar-refractivity contribution < 1.29 is 14.3 Å². The fourth-order valence-electron chi connectivity index (χ4n) is 2.82. The lowest BCUT2D eigenvalue weighted by Crippen LogP contribution is -2.17. The van der Waals surface area contributed by atoms with Crippen molar-refractivity contribution in [1.82, 2.24) is 4.98 Å². The van der Waals surface area contributed by atoms with Crippen LogP contribution in [0.2, 0.25) is 5.15 Å². The maximum Gasteiger partial charge on any atom is 0.342 e. The molecule has 0 saturated carbocycles. The van der Waals surface area contributed by atoms with Crippen LogP contribution in [-0.4, -0.2) is 23.3 Å². The number of nitrogens with zero attached hydrogens (tertiary/aromatic N) is 1. The van der Waals surface area contributed by atoms with Gasteiger partial charge in [0.25, 0.3) is 0 Å². The predicted octanol–water partition coefficient (Wildman–Crippen LogP) is 4.63. The monoisotopic (exact) mass is 359 g/mol. The van der Waals surface area contributed by atoms with Gasteiger partial charge in [-0.15, -0.1) is 0 Å². The van der Waals surface area contributed by atoms with Crippen LogP contribution in [0.5, 0.6) is 0 Å². The van der Waals surface area contributed by atoms with Crippen LogP contribution in [0, 0.1) is 41.5 Å². The Bertz CT molecular complexity index is 849. The van der Waals surface area contributed by atoms with E-state index in [0.29, 0.717) is 11.1 Å². The lowest BCUT2D eigenvalue weighted by Gasteiger charge is -2.14. The molecule has 0 atom stereocenters. The quantitative estimate of drug-likeness (QED) is 0.454. The highest BCUT2D eigenvalue weighted by molar-refractivity contribution is 6.32. The van der Waals surface area contributed by atoms with Crippen molar-refractivity contribution in [3.05, 3.63) is 61.9 Å². The Hall–Kier alpha value is -2.20. The van der Waals surface area contributed by atoms with E-state index in [9.17, 15) is 9.59 Å². The maximum absolute atomic E-state index is 12.5. The van der Waals surface area contributed by atoms with Gasteiger partial charge in [-0.2, -0.15) is 0 Å². The van der Waals surface area contributed by atoms with E-state index in [1.165, 1.54) is 5.56 Å². The average molecular weight is 360 g/mol. The van der Waals surface area contributed by atoms with Crippen molar-refractivity contribution in [2.24, 2.45) is 0 Å². The van der Waals surface area contributed by atoms with E-state index in [-0.39, 0.29) is 23.1 Å². The van der Waals surface area contributed by atoms with Gasteiger partial charge in [-0.25, -0.2) is 9.78 Å². The number of carbonyl (C=O) groups excluding carboxylic acids is 2. The number of ketones is 1. The highest BCUT2D eigenvalue weighted by Crippen LogP contribution is 2.23. The molecule has 1 aromatic heterocycles. The van der Waals surface area contributed by atoms with Gasteiger partial charge in [-0.1, -0.05) is 11.6 Å². The molecule has 0 aliphatic heterocycles. The van der Waals surface area contributed by atoms with Crippen molar-refractivity contribution in [2.75, 3.05) is 6.61 Å². The Morgan fingerprint density at radius 2 is 1.60 bits per heavy atom. The zero-order valence-electron chi connectivity index (χ0n) is 15.4.